The fourth-order valence-corrected chi connectivity index (χ4v) is 1.85. The van der Waals surface area contributed by atoms with Crippen molar-refractivity contribution in [3.05, 3.63) is 53.6 Å². The van der Waals surface area contributed by atoms with Gasteiger partial charge in [-0.05, 0) is 24.6 Å². The van der Waals surface area contributed by atoms with Crippen molar-refractivity contribution in [2.75, 3.05) is 0 Å². The monoisotopic (exact) mass is 279 g/mol. The van der Waals surface area contributed by atoms with Crippen LogP contribution in [0.1, 0.15) is 30.8 Å². The first-order valence-electron chi connectivity index (χ1n) is 6.29. The first kappa shape index (κ1) is 14.2. The molecule has 20 heavy (non-hydrogen) atoms. The van der Waals surface area contributed by atoms with Crippen LogP contribution >= 0.6 is 0 Å². The quantitative estimate of drug-likeness (QED) is 0.883. The lowest BCUT2D eigenvalue weighted by Gasteiger charge is -2.14. The van der Waals surface area contributed by atoms with E-state index in [4.69, 9.17) is 0 Å². The van der Waals surface area contributed by atoms with E-state index < -0.39 is 11.6 Å². The first-order chi connectivity index (χ1) is 9.56. The predicted molar refractivity (Wildman–Crippen MR) is 69.8 cm³/mol. The zero-order valence-electron chi connectivity index (χ0n) is 11.0. The molecule has 2 N–H and O–H groups in total. The van der Waals surface area contributed by atoms with Crippen LogP contribution in [0.25, 0.3) is 0 Å². The summed E-state index contributed by atoms with van der Waals surface area (Å²) in [5, 5.41) is 2.74. The second-order valence-corrected chi connectivity index (χ2v) is 4.50. The number of rotatable bonds is 5. The van der Waals surface area contributed by atoms with Crippen molar-refractivity contribution in [1.29, 1.82) is 0 Å². The van der Waals surface area contributed by atoms with Crippen molar-refractivity contribution >= 4 is 5.91 Å². The highest BCUT2D eigenvalue weighted by Gasteiger charge is 2.12. The van der Waals surface area contributed by atoms with Gasteiger partial charge in [0.05, 0.1) is 6.04 Å². The van der Waals surface area contributed by atoms with Crippen LogP contribution in [0.5, 0.6) is 0 Å². The fourth-order valence-electron chi connectivity index (χ4n) is 1.85. The molecule has 0 saturated heterocycles. The summed E-state index contributed by atoms with van der Waals surface area (Å²) in [6.45, 7) is 1.72. The van der Waals surface area contributed by atoms with Crippen molar-refractivity contribution < 1.29 is 13.6 Å². The Morgan fingerprint density at radius 2 is 2.20 bits per heavy atom. The van der Waals surface area contributed by atoms with Gasteiger partial charge < -0.3 is 10.3 Å². The van der Waals surface area contributed by atoms with E-state index in [1.165, 1.54) is 6.07 Å². The molecule has 0 aliphatic rings. The van der Waals surface area contributed by atoms with Crippen LogP contribution in [0.4, 0.5) is 8.78 Å². The Balaban J connectivity index is 1.88. The molecule has 0 radical (unpaired) electrons. The number of carbonyl (C=O) groups is 1. The van der Waals surface area contributed by atoms with Crippen LogP contribution in [0.2, 0.25) is 0 Å². The number of halogens is 2. The summed E-state index contributed by atoms with van der Waals surface area (Å²) < 4.78 is 25.9. The average Bonchev–Trinajstić information content (AvgIpc) is 2.92. The lowest BCUT2D eigenvalue weighted by Crippen LogP contribution is -2.27. The minimum atomic E-state index is -0.917. The van der Waals surface area contributed by atoms with E-state index in [0.717, 1.165) is 18.0 Å². The summed E-state index contributed by atoms with van der Waals surface area (Å²) in [5.41, 5.74) is 0.523. The number of aryl methyl sites for hydroxylation is 1. The van der Waals surface area contributed by atoms with Gasteiger partial charge in [-0.2, -0.15) is 0 Å². The van der Waals surface area contributed by atoms with Gasteiger partial charge in [-0.15, -0.1) is 0 Å². The summed E-state index contributed by atoms with van der Waals surface area (Å²) in [6.07, 6.45) is 4.10. The first-order valence-corrected chi connectivity index (χ1v) is 6.29. The molecule has 0 bridgehead atoms. The fraction of sp³-hybridized carbons (Fsp3) is 0.286. The van der Waals surface area contributed by atoms with Crippen molar-refractivity contribution in [2.45, 2.75) is 25.8 Å². The third-order valence-corrected chi connectivity index (χ3v) is 2.96. The number of aromatic nitrogens is 2. The topological polar surface area (TPSA) is 57.8 Å². The van der Waals surface area contributed by atoms with Crippen molar-refractivity contribution in [3.8, 4) is 0 Å². The number of aromatic amines is 1. The molecular weight excluding hydrogens is 264 g/mol. The molecule has 1 aromatic carbocycles. The van der Waals surface area contributed by atoms with Gasteiger partial charge in [0.1, 0.15) is 5.82 Å². The molecule has 1 heterocycles. The van der Waals surface area contributed by atoms with E-state index in [-0.39, 0.29) is 18.4 Å². The molecule has 2 rings (SSSR count). The smallest absolute Gasteiger partial charge is 0.220 e. The van der Waals surface area contributed by atoms with E-state index in [9.17, 15) is 13.6 Å². The van der Waals surface area contributed by atoms with Crippen molar-refractivity contribution in [2.24, 2.45) is 0 Å². The van der Waals surface area contributed by atoms with Gasteiger partial charge in [0.15, 0.2) is 11.6 Å². The zero-order chi connectivity index (χ0) is 14.5. The van der Waals surface area contributed by atoms with Crippen LogP contribution in [-0.4, -0.2) is 15.9 Å². The maximum Gasteiger partial charge on any atom is 0.220 e. The molecule has 0 fully saturated rings. The Morgan fingerprint density at radius 3 is 2.85 bits per heavy atom. The zero-order valence-corrected chi connectivity index (χ0v) is 11.0. The molecule has 1 atom stereocenters. The molecule has 6 heteroatoms. The Labute approximate surface area is 115 Å². The lowest BCUT2D eigenvalue weighted by atomic mass is 10.1. The third-order valence-electron chi connectivity index (χ3n) is 2.96. The molecule has 0 aliphatic heterocycles. The van der Waals surface area contributed by atoms with Gasteiger partial charge in [-0.25, -0.2) is 13.8 Å². The SMILES string of the molecule is C[C@@H](NC(=O)CCc1ncc[nH]1)c1ccc(F)c(F)c1. The molecule has 0 unspecified atom stereocenters. The standard InChI is InChI=1S/C14H15F2N3O/c1-9(10-2-3-11(15)12(16)8-10)19-14(20)5-4-13-17-6-7-18-13/h2-3,6-9H,4-5H2,1H3,(H,17,18)(H,19,20)/t9-/m1/s1. The predicted octanol–water partition coefficient (Wildman–Crippen LogP) is 2.50. The van der Waals surface area contributed by atoms with Crippen LogP contribution in [0, 0.1) is 11.6 Å². The van der Waals surface area contributed by atoms with Crippen molar-refractivity contribution in [1.82, 2.24) is 15.3 Å². The molecule has 0 spiro atoms. The van der Waals surface area contributed by atoms with Crippen LogP contribution in [-0.2, 0) is 11.2 Å². The largest absolute Gasteiger partial charge is 0.350 e. The second kappa shape index (κ2) is 6.27. The van der Waals surface area contributed by atoms with E-state index in [2.05, 4.69) is 15.3 Å². The molecule has 0 aliphatic carbocycles. The van der Waals surface area contributed by atoms with E-state index in [0.29, 0.717) is 12.0 Å². The van der Waals surface area contributed by atoms with Gasteiger partial charge in [-0.3, -0.25) is 4.79 Å². The summed E-state index contributed by atoms with van der Waals surface area (Å²) in [4.78, 5) is 18.7. The van der Waals surface area contributed by atoms with Gasteiger partial charge in [0, 0.05) is 25.2 Å². The number of hydrogen-bond acceptors (Lipinski definition) is 2. The van der Waals surface area contributed by atoms with Gasteiger partial charge in [0.25, 0.3) is 0 Å². The number of amides is 1. The number of nitrogens with zero attached hydrogens (tertiary/aromatic N) is 1. The number of H-pyrrole nitrogens is 1. The van der Waals surface area contributed by atoms with Crippen molar-refractivity contribution in [3.63, 3.8) is 0 Å². The summed E-state index contributed by atoms with van der Waals surface area (Å²) >= 11 is 0. The summed E-state index contributed by atoms with van der Waals surface area (Å²) in [6, 6.07) is 3.22. The third kappa shape index (κ3) is 3.63. The minimum Gasteiger partial charge on any atom is -0.350 e. The Morgan fingerprint density at radius 1 is 1.40 bits per heavy atom. The Kier molecular flexibility index (Phi) is 4.45. The highest BCUT2D eigenvalue weighted by molar-refractivity contribution is 5.76. The molecule has 0 saturated carbocycles. The van der Waals surface area contributed by atoms with Crippen LogP contribution in [0.15, 0.2) is 30.6 Å². The van der Waals surface area contributed by atoms with E-state index in [1.807, 2.05) is 0 Å². The normalized spacial score (nSPS) is 12.2. The minimum absolute atomic E-state index is 0.168. The number of imidazole rings is 1. The number of hydrogen-bond donors (Lipinski definition) is 2. The molecule has 4 nitrogen and oxygen atoms in total. The lowest BCUT2D eigenvalue weighted by molar-refractivity contribution is -0.121. The van der Waals surface area contributed by atoms with Crippen LogP contribution in [0.3, 0.4) is 0 Å². The Bertz CT molecular complexity index is 584. The van der Waals surface area contributed by atoms with Crippen LogP contribution < -0.4 is 5.32 Å². The second-order valence-electron chi connectivity index (χ2n) is 4.50. The number of nitrogens with one attached hydrogen (secondary N) is 2. The average molecular weight is 279 g/mol. The number of carbonyl (C=O) groups excluding carboxylic acids is 1. The molecule has 106 valence electrons. The highest BCUT2D eigenvalue weighted by atomic mass is 19.2. The summed E-state index contributed by atoms with van der Waals surface area (Å²) in [5.74, 6) is -1.25. The Hall–Kier alpha value is -2.24. The van der Waals surface area contributed by atoms with Gasteiger partial charge in [-0.1, -0.05) is 6.07 Å². The molecule has 2 aromatic rings. The summed E-state index contributed by atoms with van der Waals surface area (Å²) in [7, 11) is 0. The maximum absolute atomic E-state index is 13.1. The molecule has 1 aromatic heterocycles. The molecular formula is C14H15F2N3O. The van der Waals surface area contributed by atoms with Gasteiger partial charge in [0.2, 0.25) is 5.91 Å². The number of benzene rings is 1. The molecule has 1 amide bonds. The highest BCUT2D eigenvalue weighted by Crippen LogP contribution is 2.16. The van der Waals surface area contributed by atoms with Gasteiger partial charge >= 0.3 is 0 Å². The van der Waals surface area contributed by atoms with E-state index >= 15 is 0 Å². The maximum atomic E-state index is 13.1. The van der Waals surface area contributed by atoms with E-state index in [1.54, 1.807) is 19.3 Å².